The summed E-state index contributed by atoms with van der Waals surface area (Å²) in [6, 6.07) is 18.5. The molecule has 0 spiro atoms. The van der Waals surface area contributed by atoms with Gasteiger partial charge in [-0.2, -0.15) is 0 Å². The van der Waals surface area contributed by atoms with Gasteiger partial charge in [0, 0.05) is 24.7 Å². The first-order chi connectivity index (χ1) is 15.5. The summed E-state index contributed by atoms with van der Waals surface area (Å²) in [5.41, 5.74) is 4.29. The summed E-state index contributed by atoms with van der Waals surface area (Å²) in [5.74, 6) is 3.45. The van der Waals surface area contributed by atoms with Gasteiger partial charge in [-0.1, -0.05) is 24.3 Å². The van der Waals surface area contributed by atoms with E-state index in [1.165, 1.54) is 5.56 Å². The Balaban J connectivity index is 1.42. The molecular formula is C25H30N6O. The first-order valence-corrected chi connectivity index (χ1v) is 10.8. The van der Waals surface area contributed by atoms with Crippen LogP contribution in [-0.4, -0.2) is 52.6 Å². The number of likely N-dealkylation sites (N-methyl/N-ethyl adjacent to an activating group) is 1. The summed E-state index contributed by atoms with van der Waals surface area (Å²) < 4.78 is 5.28. The van der Waals surface area contributed by atoms with E-state index < -0.39 is 0 Å². The van der Waals surface area contributed by atoms with Crippen LogP contribution in [0.3, 0.4) is 0 Å². The Bertz CT molecular complexity index is 1140. The van der Waals surface area contributed by atoms with Gasteiger partial charge in [0.2, 0.25) is 0 Å². The van der Waals surface area contributed by atoms with Gasteiger partial charge in [-0.3, -0.25) is 0 Å². The average molecular weight is 431 g/mol. The molecule has 0 bridgehead atoms. The monoisotopic (exact) mass is 430 g/mol. The number of aryl methyl sites for hydroxylation is 3. The van der Waals surface area contributed by atoms with Crippen LogP contribution in [0.4, 0.5) is 5.82 Å². The van der Waals surface area contributed by atoms with E-state index in [0.29, 0.717) is 0 Å². The lowest BCUT2D eigenvalue weighted by Crippen LogP contribution is -2.27. The molecule has 0 saturated heterocycles. The Labute approximate surface area is 188 Å². The number of rotatable bonds is 9. The number of ether oxygens (including phenoxy) is 1. The number of fused-ring (bicyclic) bond motifs is 1. The van der Waals surface area contributed by atoms with Crippen LogP contribution < -0.4 is 10.1 Å². The molecule has 0 fully saturated rings. The number of benzene rings is 2. The number of hydrogen-bond acceptors (Lipinski definition) is 6. The molecule has 4 aromatic rings. The molecule has 7 heteroatoms. The van der Waals surface area contributed by atoms with Gasteiger partial charge in [0.1, 0.15) is 23.2 Å². The first-order valence-electron chi connectivity index (χ1n) is 10.8. The third kappa shape index (κ3) is 5.23. The van der Waals surface area contributed by atoms with Gasteiger partial charge in [0.25, 0.3) is 0 Å². The number of imidazole rings is 1. The molecular weight excluding hydrogens is 400 g/mol. The van der Waals surface area contributed by atoms with Gasteiger partial charge in [-0.25, -0.2) is 15.0 Å². The van der Waals surface area contributed by atoms with Gasteiger partial charge in [0.15, 0.2) is 0 Å². The molecule has 0 aliphatic rings. The van der Waals surface area contributed by atoms with Crippen LogP contribution in [0.1, 0.15) is 28.9 Å². The van der Waals surface area contributed by atoms with Crippen LogP contribution in [-0.2, 0) is 12.8 Å². The first kappa shape index (κ1) is 21.8. The fourth-order valence-electron chi connectivity index (χ4n) is 3.84. The minimum Gasteiger partial charge on any atom is -0.497 e. The normalized spacial score (nSPS) is 12.3. The van der Waals surface area contributed by atoms with E-state index >= 15 is 0 Å². The summed E-state index contributed by atoms with van der Waals surface area (Å²) >= 11 is 0. The Hall–Kier alpha value is -3.45. The van der Waals surface area contributed by atoms with Gasteiger partial charge in [0.05, 0.1) is 24.2 Å². The van der Waals surface area contributed by atoms with Crippen molar-refractivity contribution in [1.82, 2.24) is 24.8 Å². The Morgan fingerprint density at radius 1 is 1.00 bits per heavy atom. The Morgan fingerprint density at radius 2 is 1.78 bits per heavy atom. The fourth-order valence-corrected chi connectivity index (χ4v) is 3.84. The Kier molecular flexibility index (Phi) is 6.66. The maximum absolute atomic E-state index is 5.28. The molecule has 166 valence electrons. The van der Waals surface area contributed by atoms with Crippen LogP contribution >= 0.6 is 0 Å². The fraction of sp³-hybridized carbons (Fsp3) is 0.320. The van der Waals surface area contributed by atoms with Crippen molar-refractivity contribution in [3.63, 3.8) is 0 Å². The zero-order valence-electron chi connectivity index (χ0n) is 19.1. The molecule has 7 nitrogen and oxygen atoms in total. The molecule has 1 atom stereocenters. The molecule has 2 N–H and O–H groups in total. The summed E-state index contributed by atoms with van der Waals surface area (Å²) in [7, 11) is 5.85. The number of para-hydroxylation sites is 2. The highest BCUT2D eigenvalue weighted by Gasteiger charge is 2.15. The van der Waals surface area contributed by atoms with Crippen molar-refractivity contribution >= 4 is 16.9 Å². The largest absolute Gasteiger partial charge is 0.497 e. The number of nitrogens with one attached hydrogen (secondary N) is 2. The number of aromatic amines is 1. The number of anilines is 1. The quantitative estimate of drug-likeness (QED) is 0.415. The summed E-state index contributed by atoms with van der Waals surface area (Å²) in [6.07, 6.45) is 1.60. The summed E-state index contributed by atoms with van der Waals surface area (Å²) in [5, 5.41) is 3.51. The third-order valence-corrected chi connectivity index (χ3v) is 5.55. The minimum absolute atomic E-state index is 0.204. The van der Waals surface area contributed by atoms with Gasteiger partial charge in [-0.15, -0.1) is 0 Å². The predicted molar refractivity (Wildman–Crippen MR) is 128 cm³/mol. The van der Waals surface area contributed by atoms with E-state index in [1.54, 1.807) is 7.11 Å². The summed E-state index contributed by atoms with van der Waals surface area (Å²) in [4.78, 5) is 19.5. The van der Waals surface area contributed by atoms with Crippen molar-refractivity contribution in [3.8, 4) is 5.75 Å². The van der Waals surface area contributed by atoms with Crippen molar-refractivity contribution in [3.05, 3.63) is 77.5 Å². The van der Waals surface area contributed by atoms with Crippen molar-refractivity contribution in [2.45, 2.75) is 25.8 Å². The highest BCUT2D eigenvalue weighted by molar-refractivity contribution is 5.74. The lowest BCUT2D eigenvalue weighted by molar-refractivity contribution is 0.311. The van der Waals surface area contributed by atoms with Crippen molar-refractivity contribution in [1.29, 1.82) is 0 Å². The topological polar surface area (TPSA) is 79.0 Å². The van der Waals surface area contributed by atoms with Crippen molar-refractivity contribution < 1.29 is 4.74 Å². The lowest BCUT2D eigenvalue weighted by Gasteiger charge is -2.25. The highest BCUT2D eigenvalue weighted by Crippen LogP contribution is 2.22. The molecule has 0 saturated carbocycles. The molecule has 2 heterocycles. The number of hydrogen-bond donors (Lipinski definition) is 2. The average Bonchev–Trinajstić information content (AvgIpc) is 3.21. The summed E-state index contributed by atoms with van der Waals surface area (Å²) in [6.45, 7) is 2.67. The van der Waals surface area contributed by atoms with Crippen LogP contribution in [0, 0.1) is 6.92 Å². The van der Waals surface area contributed by atoms with Crippen molar-refractivity contribution in [2.24, 2.45) is 0 Å². The van der Waals surface area contributed by atoms with Gasteiger partial charge < -0.3 is 19.9 Å². The number of H-pyrrole nitrogens is 1. The van der Waals surface area contributed by atoms with Crippen LogP contribution in [0.15, 0.2) is 54.6 Å². The van der Waals surface area contributed by atoms with E-state index in [9.17, 15) is 0 Å². The number of aromatic nitrogens is 4. The maximum atomic E-state index is 5.28. The molecule has 1 unspecified atom stereocenters. The molecule has 32 heavy (non-hydrogen) atoms. The standard InChI is InChI=1S/C25H30N6O/c1-17-27-19(11-14-24-29-21-7-5-6-8-22(21)30-24)15-25(28-17)26-16-23(31(2)3)18-9-12-20(32-4)13-10-18/h5-10,12-13,15,23H,11,14,16H2,1-4H3,(H,29,30)(H,26,27,28). The van der Waals surface area contributed by atoms with E-state index in [4.69, 9.17) is 4.74 Å². The second kappa shape index (κ2) is 9.78. The predicted octanol–water partition coefficient (Wildman–Crippen LogP) is 4.17. The maximum Gasteiger partial charge on any atom is 0.129 e. The highest BCUT2D eigenvalue weighted by atomic mass is 16.5. The zero-order valence-corrected chi connectivity index (χ0v) is 19.1. The smallest absolute Gasteiger partial charge is 0.129 e. The third-order valence-electron chi connectivity index (χ3n) is 5.55. The van der Waals surface area contributed by atoms with E-state index in [0.717, 1.165) is 59.3 Å². The van der Waals surface area contributed by atoms with Crippen LogP contribution in [0.25, 0.3) is 11.0 Å². The second-order valence-corrected chi connectivity index (χ2v) is 8.13. The number of methoxy groups -OCH3 is 1. The van der Waals surface area contributed by atoms with E-state index in [1.807, 2.05) is 49.4 Å². The van der Waals surface area contributed by atoms with E-state index in [-0.39, 0.29) is 6.04 Å². The van der Waals surface area contributed by atoms with Crippen molar-refractivity contribution in [2.75, 3.05) is 33.1 Å². The van der Waals surface area contributed by atoms with Crippen LogP contribution in [0.5, 0.6) is 5.75 Å². The SMILES string of the molecule is COc1ccc(C(CNc2cc(CCc3nc4ccccc4[nH]3)nc(C)n2)N(C)C)cc1. The molecule has 0 radical (unpaired) electrons. The Morgan fingerprint density at radius 3 is 2.50 bits per heavy atom. The zero-order chi connectivity index (χ0) is 22.5. The number of nitrogens with zero attached hydrogens (tertiary/aromatic N) is 4. The van der Waals surface area contributed by atoms with Gasteiger partial charge in [-0.05, 0) is 57.3 Å². The second-order valence-electron chi connectivity index (χ2n) is 8.13. The molecule has 4 rings (SSSR count). The molecule has 0 amide bonds. The van der Waals surface area contributed by atoms with E-state index in [2.05, 4.69) is 56.4 Å². The molecule has 0 aliphatic carbocycles. The molecule has 2 aromatic heterocycles. The van der Waals surface area contributed by atoms with Gasteiger partial charge >= 0.3 is 0 Å². The minimum atomic E-state index is 0.204. The lowest BCUT2D eigenvalue weighted by atomic mass is 10.1. The molecule has 2 aromatic carbocycles. The molecule has 0 aliphatic heterocycles. The van der Waals surface area contributed by atoms with Crippen LogP contribution in [0.2, 0.25) is 0 Å².